The van der Waals surface area contributed by atoms with E-state index >= 15 is 0 Å². The molecule has 0 heterocycles. The highest BCUT2D eigenvalue weighted by Gasteiger charge is 2.13. The number of rotatable bonds is 5. The normalized spacial score (nSPS) is 13.4. The summed E-state index contributed by atoms with van der Waals surface area (Å²) in [7, 11) is 0. The Labute approximate surface area is 105 Å². The third-order valence-electron chi connectivity index (χ3n) is 3.10. The van der Waals surface area contributed by atoms with Gasteiger partial charge in [-0.25, -0.2) is 0 Å². The molecule has 1 aromatic carbocycles. The van der Waals surface area contributed by atoms with Crippen LogP contribution in [0.3, 0.4) is 0 Å². The first kappa shape index (κ1) is 14.2. The lowest BCUT2D eigenvalue weighted by Crippen LogP contribution is -2.36. The lowest BCUT2D eigenvalue weighted by atomic mass is 10.0. The minimum absolute atomic E-state index is 0.275. The molecule has 0 fully saturated rings. The van der Waals surface area contributed by atoms with Crippen LogP contribution in [0.1, 0.15) is 37.5 Å². The summed E-state index contributed by atoms with van der Waals surface area (Å²) in [5.41, 5.74) is 3.99. The van der Waals surface area contributed by atoms with Gasteiger partial charge in [-0.3, -0.25) is 4.90 Å². The average Bonchev–Trinajstić information content (AvgIpc) is 2.19. The number of aliphatic hydroxyl groups excluding tert-OH is 1. The van der Waals surface area contributed by atoms with Gasteiger partial charge in [0.25, 0.3) is 0 Å². The summed E-state index contributed by atoms with van der Waals surface area (Å²) >= 11 is 0. The Morgan fingerprint density at radius 1 is 1.18 bits per heavy atom. The standard InChI is InChI=1S/C15H25NO/c1-11(2)16(9-14(5)17)10-15-7-6-12(3)8-13(15)4/h6-8,11,14,17H,9-10H2,1-5H3. The van der Waals surface area contributed by atoms with Crippen LogP contribution < -0.4 is 0 Å². The van der Waals surface area contributed by atoms with E-state index in [-0.39, 0.29) is 6.10 Å². The first-order valence-electron chi connectivity index (χ1n) is 6.38. The fraction of sp³-hybridized carbons (Fsp3) is 0.600. The van der Waals surface area contributed by atoms with E-state index in [4.69, 9.17) is 0 Å². The summed E-state index contributed by atoms with van der Waals surface area (Å²) in [5.74, 6) is 0. The summed E-state index contributed by atoms with van der Waals surface area (Å²) in [6.45, 7) is 12.1. The van der Waals surface area contributed by atoms with Crippen LogP contribution in [0.2, 0.25) is 0 Å². The number of aliphatic hydroxyl groups is 1. The van der Waals surface area contributed by atoms with E-state index in [1.165, 1.54) is 16.7 Å². The van der Waals surface area contributed by atoms with E-state index in [1.807, 2.05) is 6.92 Å². The summed E-state index contributed by atoms with van der Waals surface area (Å²) in [6.07, 6.45) is -0.275. The van der Waals surface area contributed by atoms with E-state index in [1.54, 1.807) is 0 Å². The highest BCUT2D eigenvalue weighted by Crippen LogP contribution is 2.15. The van der Waals surface area contributed by atoms with E-state index in [9.17, 15) is 5.11 Å². The van der Waals surface area contributed by atoms with Crippen LogP contribution in [-0.2, 0) is 6.54 Å². The van der Waals surface area contributed by atoms with Gasteiger partial charge in [-0.1, -0.05) is 23.8 Å². The molecule has 0 spiro atoms. The maximum atomic E-state index is 9.52. The molecule has 1 aromatic rings. The van der Waals surface area contributed by atoms with Gasteiger partial charge in [-0.2, -0.15) is 0 Å². The number of nitrogens with zero attached hydrogens (tertiary/aromatic N) is 1. The highest BCUT2D eigenvalue weighted by molar-refractivity contribution is 5.30. The van der Waals surface area contributed by atoms with Crippen molar-refractivity contribution in [1.29, 1.82) is 0 Å². The number of hydrogen-bond donors (Lipinski definition) is 1. The molecule has 0 saturated carbocycles. The predicted octanol–water partition coefficient (Wildman–Crippen LogP) is 2.89. The van der Waals surface area contributed by atoms with Gasteiger partial charge in [0, 0.05) is 19.1 Å². The van der Waals surface area contributed by atoms with Gasteiger partial charge in [0.05, 0.1) is 6.10 Å². The minimum Gasteiger partial charge on any atom is -0.392 e. The van der Waals surface area contributed by atoms with Gasteiger partial charge >= 0.3 is 0 Å². The second kappa shape index (κ2) is 6.18. The molecule has 2 nitrogen and oxygen atoms in total. The van der Waals surface area contributed by atoms with E-state index < -0.39 is 0 Å². The molecule has 0 saturated heterocycles. The lowest BCUT2D eigenvalue weighted by Gasteiger charge is -2.28. The van der Waals surface area contributed by atoms with Crippen molar-refractivity contribution in [3.05, 3.63) is 34.9 Å². The fourth-order valence-corrected chi connectivity index (χ4v) is 2.04. The van der Waals surface area contributed by atoms with Crippen molar-refractivity contribution in [2.24, 2.45) is 0 Å². The Bertz CT molecular complexity index is 358. The maximum Gasteiger partial charge on any atom is 0.0639 e. The summed E-state index contributed by atoms with van der Waals surface area (Å²) < 4.78 is 0. The summed E-state index contributed by atoms with van der Waals surface area (Å²) in [5, 5.41) is 9.52. The molecule has 17 heavy (non-hydrogen) atoms. The van der Waals surface area contributed by atoms with E-state index in [0.29, 0.717) is 6.04 Å². The number of hydrogen-bond acceptors (Lipinski definition) is 2. The first-order chi connectivity index (χ1) is 7.90. The third kappa shape index (κ3) is 4.49. The number of aryl methyl sites for hydroxylation is 2. The molecule has 1 unspecified atom stereocenters. The average molecular weight is 235 g/mol. The third-order valence-corrected chi connectivity index (χ3v) is 3.10. The molecule has 2 heteroatoms. The molecule has 96 valence electrons. The topological polar surface area (TPSA) is 23.5 Å². The van der Waals surface area contributed by atoms with Crippen molar-refractivity contribution in [2.75, 3.05) is 6.54 Å². The molecule has 0 radical (unpaired) electrons. The molecule has 0 aliphatic rings. The monoisotopic (exact) mass is 235 g/mol. The zero-order valence-electron chi connectivity index (χ0n) is 11.7. The second-order valence-electron chi connectivity index (χ2n) is 5.30. The van der Waals surface area contributed by atoms with Crippen molar-refractivity contribution >= 4 is 0 Å². The van der Waals surface area contributed by atoms with Gasteiger partial charge in [-0.15, -0.1) is 0 Å². The molecule has 0 bridgehead atoms. The first-order valence-corrected chi connectivity index (χ1v) is 6.38. The zero-order chi connectivity index (χ0) is 13.0. The molecule has 0 aromatic heterocycles. The van der Waals surface area contributed by atoms with Gasteiger partial charge in [0.2, 0.25) is 0 Å². The highest BCUT2D eigenvalue weighted by atomic mass is 16.3. The van der Waals surface area contributed by atoms with Gasteiger partial charge in [0.15, 0.2) is 0 Å². The van der Waals surface area contributed by atoms with Crippen LogP contribution in [0.5, 0.6) is 0 Å². The second-order valence-corrected chi connectivity index (χ2v) is 5.30. The predicted molar refractivity (Wildman–Crippen MR) is 73.1 cm³/mol. The molecular weight excluding hydrogens is 210 g/mol. The molecule has 0 amide bonds. The molecular formula is C15H25NO. The Morgan fingerprint density at radius 2 is 1.82 bits per heavy atom. The van der Waals surface area contributed by atoms with Crippen LogP contribution in [0, 0.1) is 13.8 Å². The van der Waals surface area contributed by atoms with Gasteiger partial charge in [-0.05, 0) is 45.7 Å². The largest absolute Gasteiger partial charge is 0.392 e. The quantitative estimate of drug-likeness (QED) is 0.848. The van der Waals surface area contributed by atoms with Gasteiger partial charge < -0.3 is 5.11 Å². The van der Waals surface area contributed by atoms with Crippen molar-refractivity contribution in [3.8, 4) is 0 Å². The van der Waals surface area contributed by atoms with Crippen molar-refractivity contribution in [1.82, 2.24) is 4.90 Å². The fourth-order valence-electron chi connectivity index (χ4n) is 2.04. The Kier molecular flexibility index (Phi) is 5.16. The van der Waals surface area contributed by atoms with Crippen LogP contribution in [0.4, 0.5) is 0 Å². The molecule has 1 rings (SSSR count). The lowest BCUT2D eigenvalue weighted by molar-refractivity contribution is 0.103. The van der Waals surface area contributed by atoms with Crippen molar-refractivity contribution < 1.29 is 5.11 Å². The number of benzene rings is 1. The van der Waals surface area contributed by atoms with Crippen LogP contribution in [-0.4, -0.2) is 28.7 Å². The summed E-state index contributed by atoms with van der Waals surface area (Å²) in [6, 6.07) is 7.02. The molecule has 0 aliphatic carbocycles. The molecule has 0 aliphatic heterocycles. The van der Waals surface area contributed by atoms with Crippen molar-refractivity contribution in [2.45, 2.75) is 53.3 Å². The molecule has 1 atom stereocenters. The molecule has 1 N–H and O–H groups in total. The van der Waals surface area contributed by atoms with Crippen LogP contribution >= 0.6 is 0 Å². The van der Waals surface area contributed by atoms with Crippen molar-refractivity contribution in [3.63, 3.8) is 0 Å². The zero-order valence-corrected chi connectivity index (χ0v) is 11.7. The Balaban J connectivity index is 2.78. The van der Waals surface area contributed by atoms with Crippen LogP contribution in [0.15, 0.2) is 18.2 Å². The Hall–Kier alpha value is -0.860. The smallest absolute Gasteiger partial charge is 0.0639 e. The minimum atomic E-state index is -0.275. The van der Waals surface area contributed by atoms with E-state index in [2.05, 4.69) is 50.8 Å². The van der Waals surface area contributed by atoms with Gasteiger partial charge in [0.1, 0.15) is 0 Å². The maximum absolute atomic E-state index is 9.52. The van der Waals surface area contributed by atoms with Crippen LogP contribution in [0.25, 0.3) is 0 Å². The SMILES string of the molecule is Cc1ccc(CN(CC(C)O)C(C)C)c(C)c1. The summed E-state index contributed by atoms with van der Waals surface area (Å²) in [4.78, 5) is 2.31. The van der Waals surface area contributed by atoms with E-state index in [0.717, 1.165) is 13.1 Å². The Morgan fingerprint density at radius 3 is 2.29 bits per heavy atom.